The summed E-state index contributed by atoms with van der Waals surface area (Å²) in [7, 11) is 0. The van der Waals surface area contributed by atoms with Crippen molar-refractivity contribution in [3.8, 4) is 11.5 Å². The first kappa shape index (κ1) is 19.0. The second-order valence-electron chi connectivity index (χ2n) is 6.88. The molecule has 3 nitrogen and oxygen atoms in total. The van der Waals surface area contributed by atoms with E-state index in [4.69, 9.17) is 9.47 Å². The van der Waals surface area contributed by atoms with Gasteiger partial charge in [-0.05, 0) is 63.4 Å². The molecule has 0 aliphatic carbocycles. The summed E-state index contributed by atoms with van der Waals surface area (Å²) in [5.41, 5.74) is 1.51. The number of carbonyl (C=O) groups is 1. The first-order chi connectivity index (χ1) is 11.9. The molecule has 0 fully saturated rings. The summed E-state index contributed by atoms with van der Waals surface area (Å²) in [5, 5.41) is 0. The molecule has 0 bridgehead atoms. The van der Waals surface area contributed by atoms with Crippen LogP contribution in [0.25, 0.3) is 0 Å². The van der Waals surface area contributed by atoms with E-state index in [1.165, 1.54) is 18.4 Å². The van der Waals surface area contributed by atoms with E-state index in [0.717, 1.165) is 12.0 Å². The summed E-state index contributed by atoms with van der Waals surface area (Å²) in [5.74, 6) is 1.30. The number of ketones is 1. The lowest BCUT2D eigenvalue weighted by atomic mass is 10.0. The van der Waals surface area contributed by atoms with Crippen molar-refractivity contribution in [3.63, 3.8) is 0 Å². The molecular weight excluding hydrogens is 312 g/mol. The lowest BCUT2D eigenvalue weighted by Crippen LogP contribution is -2.41. The fourth-order valence-electron chi connectivity index (χ4n) is 2.41. The summed E-state index contributed by atoms with van der Waals surface area (Å²) < 4.78 is 11.5. The zero-order valence-electron chi connectivity index (χ0n) is 15.7. The van der Waals surface area contributed by atoms with Crippen molar-refractivity contribution in [1.82, 2.24) is 0 Å². The SMILES string of the molecule is CCCCc1ccc(OC(C)(C)C(=O)COc2ccc(C)cc2)cc1. The number of hydrogen-bond acceptors (Lipinski definition) is 3. The van der Waals surface area contributed by atoms with Crippen molar-refractivity contribution < 1.29 is 14.3 Å². The molecule has 0 saturated heterocycles. The maximum atomic E-state index is 12.5. The third-order valence-electron chi connectivity index (χ3n) is 4.18. The fourth-order valence-corrected chi connectivity index (χ4v) is 2.41. The Bertz CT molecular complexity index is 669. The van der Waals surface area contributed by atoms with Gasteiger partial charge < -0.3 is 9.47 Å². The minimum absolute atomic E-state index is 0.00928. The molecule has 3 heteroatoms. The van der Waals surface area contributed by atoms with Gasteiger partial charge in [0.05, 0.1) is 0 Å². The van der Waals surface area contributed by atoms with Crippen LogP contribution >= 0.6 is 0 Å². The van der Waals surface area contributed by atoms with E-state index in [1.807, 2.05) is 43.3 Å². The zero-order valence-corrected chi connectivity index (χ0v) is 15.7. The first-order valence-corrected chi connectivity index (χ1v) is 8.91. The Balaban J connectivity index is 1.90. The molecule has 134 valence electrons. The van der Waals surface area contributed by atoms with Crippen LogP contribution in [0.1, 0.15) is 44.7 Å². The minimum atomic E-state index is -0.935. The lowest BCUT2D eigenvalue weighted by Gasteiger charge is -2.25. The van der Waals surface area contributed by atoms with Gasteiger partial charge >= 0.3 is 0 Å². The summed E-state index contributed by atoms with van der Waals surface area (Å²) in [6.07, 6.45) is 3.44. The summed E-state index contributed by atoms with van der Waals surface area (Å²) in [4.78, 5) is 12.5. The van der Waals surface area contributed by atoms with Gasteiger partial charge in [0.2, 0.25) is 5.78 Å². The first-order valence-electron chi connectivity index (χ1n) is 8.91. The van der Waals surface area contributed by atoms with E-state index in [1.54, 1.807) is 13.8 Å². The normalized spacial score (nSPS) is 11.2. The number of ether oxygens (including phenoxy) is 2. The van der Waals surface area contributed by atoms with Crippen molar-refractivity contribution in [2.75, 3.05) is 6.61 Å². The van der Waals surface area contributed by atoms with E-state index in [-0.39, 0.29) is 12.4 Å². The molecule has 0 saturated carbocycles. The van der Waals surface area contributed by atoms with Gasteiger partial charge in [0.15, 0.2) is 12.2 Å². The predicted octanol–water partition coefficient (Wildman–Crippen LogP) is 5.14. The van der Waals surface area contributed by atoms with Gasteiger partial charge in [-0.1, -0.05) is 43.2 Å². The highest BCUT2D eigenvalue weighted by Gasteiger charge is 2.30. The number of unbranched alkanes of at least 4 members (excludes halogenated alkanes) is 1. The maximum Gasteiger partial charge on any atom is 0.212 e. The summed E-state index contributed by atoms with van der Waals surface area (Å²) in [6.45, 7) is 7.74. The smallest absolute Gasteiger partial charge is 0.212 e. The molecule has 0 radical (unpaired) electrons. The van der Waals surface area contributed by atoms with Crippen LogP contribution in [-0.4, -0.2) is 18.0 Å². The number of hydrogen-bond donors (Lipinski definition) is 0. The van der Waals surface area contributed by atoms with E-state index >= 15 is 0 Å². The van der Waals surface area contributed by atoms with Crippen molar-refractivity contribution in [2.45, 2.75) is 52.6 Å². The molecule has 0 aliphatic rings. The second-order valence-corrected chi connectivity index (χ2v) is 6.88. The molecule has 0 aromatic heterocycles. The fraction of sp³-hybridized carbons (Fsp3) is 0.409. The van der Waals surface area contributed by atoms with Gasteiger partial charge in [0.25, 0.3) is 0 Å². The largest absolute Gasteiger partial charge is 0.486 e. The Morgan fingerprint density at radius 2 is 1.56 bits per heavy atom. The standard InChI is InChI=1S/C22H28O3/c1-5-6-7-18-10-14-20(15-11-18)25-22(3,4)21(23)16-24-19-12-8-17(2)9-13-19/h8-15H,5-7,16H2,1-4H3. The van der Waals surface area contributed by atoms with E-state index < -0.39 is 5.60 Å². The van der Waals surface area contributed by atoms with Gasteiger partial charge in [0, 0.05) is 0 Å². The second kappa shape index (κ2) is 8.70. The monoisotopic (exact) mass is 340 g/mol. The Labute approximate surface area is 151 Å². The van der Waals surface area contributed by atoms with Gasteiger partial charge in [-0.15, -0.1) is 0 Å². The maximum absolute atomic E-state index is 12.5. The number of rotatable bonds is 9. The third kappa shape index (κ3) is 5.93. The quantitative estimate of drug-likeness (QED) is 0.634. The summed E-state index contributed by atoms with van der Waals surface area (Å²) >= 11 is 0. The number of aryl methyl sites for hydroxylation is 2. The molecule has 0 N–H and O–H groups in total. The zero-order chi connectivity index (χ0) is 18.3. The number of benzene rings is 2. The highest BCUT2D eigenvalue weighted by atomic mass is 16.5. The molecule has 2 aromatic carbocycles. The molecule has 0 heterocycles. The van der Waals surface area contributed by atoms with Gasteiger partial charge in [0.1, 0.15) is 11.5 Å². The number of Topliss-reactive ketones (excluding diaryl/α,β-unsaturated/α-hetero) is 1. The highest BCUT2D eigenvalue weighted by Crippen LogP contribution is 2.21. The van der Waals surface area contributed by atoms with E-state index in [0.29, 0.717) is 11.5 Å². The van der Waals surface area contributed by atoms with Crippen LogP contribution < -0.4 is 9.47 Å². The van der Waals surface area contributed by atoms with Crippen LogP contribution in [0.15, 0.2) is 48.5 Å². The molecule has 0 unspecified atom stereocenters. The minimum Gasteiger partial charge on any atom is -0.486 e. The highest BCUT2D eigenvalue weighted by molar-refractivity contribution is 5.88. The van der Waals surface area contributed by atoms with E-state index in [9.17, 15) is 4.79 Å². The molecule has 25 heavy (non-hydrogen) atoms. The Kier molecular flexibility index (Phi) is 6.63. The topological polar surface area (TPSA) is 35.5 Å². The van der Waals surface area contributed by atoms with Gasteiger partial charge in [-0.25, -0.2) is 0 Å². The molecule has 0 spiro atoms. The van der Waals surface area contributed by atoms with Crippen molar-refractivity contribution >= 4 is 5.78 Å². The van der Waals surface area contributed by atoms with Crippen LogP contribution in [0, 0.1) is 6.92 Å². The lowest BCUT2D eigenvalue weighted by molar-refractivity contribution is -0.134. The molecule has 2 rings (SSSR count). The average molecular weight is 340 g/mol. The molecular formula is C22H28O3. The van der Waals surface area contributed by atoms with Crippen LogP contribution in [0.5, 0.6) is 11.5 Å². The molecule has 0 amide bonds. The van der Waals surface area contributed by atoms with E-state index in [2.05, 4.69) is 19.1 Å². The van der Waals surface area contributed by atoms with Crippen LogP contribution in [0.4, 0.5) is 0 Å². The number of carbonyl (C=O) groups excluding carboxylic acids is 1. The Morgan fingerprint density at radius 1 is 0.960 bits per heavy atom. The Morgan fingerprint density at radius 3 is 2.16 bits per heavy atom. The summed E-state index contributed by atoms with van der Waals surface area (Å²) in [6, 6.07) is 15.6. The Hall–Kier alpha value is -2.29. The van der Waals surface area contributed by atoms with Gasteiger partial charge in [-0.3, -0.25) is 4.79 Å². The van der Waals surface area contributed by atoms with Gasteiger partial charge in [-0.2, -0.15) is 0 Å². The molecule has 0 atom stereocenters. The van der Waals surface area contributed by atoms with Crippen LogP contribution in [0.2, 0.25) is 0 Å². The predicted molar refractivity (Wildman–Crippen MR) is 101 cm³/mol. The average Bonchev–Trinajstić information content (AvgIpc) is 2.60. The molecule has 0 aliphatic heterocycles. The van der Waals surface area contributed by atoms with Crippen LogP contribution in [-0.2, 0) is 11.2 Å². The van der Waals surface area contributed by atoms with Crippen molar-refractivity contribution in [1.29, 1.82) is 0 Å². The molecule has 2 aromatic rings. The van der Waals surface area contributed by atoms with Crippen molar-refractivity contribution in [3.05, 3.63) is 59.7 Å². The van der Waals surface area contributed by atoms with Crippen LogP contribution in [0.3, 0.4) is 0 Å². The third-order valence-corrected chi connectivity index (χ3v) is 4.18. The van der Waals surface area contributed by atoms with Crippen molar-refractivity contribution in [2.24, 2.45) is 0 Å².